The summed E-state index contributed by atoms with van der Waals surface area (Å²) in [5.74, 6) is -0.431. The number of aromatic amines is 1. The van der Waals surface area contributed by atoms with Crippen LogP contribution in [0.3, 0.4) is 0 Å². The van der Waals surface area contributed by atoms with Crippen molar-refractivity contribution in [2.24, 2.45) is 5.73 Å². The lowest BCUT2D eigenvalue weighted by Gasteiger charge is -2.12. The Morgan fingerprint density at radius 3 is 2.76 bits per heavy atom. The molecule has 3 aromatic heterocycles. The SMILES string of the molecule is Cc1cn(C(C)C)c2cc(-c3cc4[nH]ncc4cn3)cc(C(N)=O)c12. The number of hydrogen-bond acceptors (Lipinski definition) is 3. The predicted octanol–water partition coefficient (Wildman–Crippen LogP) is 3.57. The van der Waals surface area contributed by atoms with Crippen LogP contribution in [-0.2, 0) is 0 Å². The molecule has 6 nitrogen and oxygen atoms in total. The Bertz CT molecular complexity index is 1120. The number of carbonyl (C=O) groups is 1. The molecule has 1 aromatic carbocycles. The third kappa shape index (κ3) is 2.38. The van der Waals surface area contributed by atoms with Gasteiger partial charge in [-0.2, -0.15) is 5.10 Å². The normalized spacial score (nSPS) is 11.7. The highest BCUT2D eigenvalue weighted by atomic mass is 16.1. The number of hydrogen-bond donors (Lipinski definition) is 2. The van der Waals surface area contributed by atoms with Crippen LogP contribution < -0.4 is 5.73 Å². The highest BCUT2D eigenvalue weighted by molar-refractivity contribution is 6.09. The predicted molar refractivity (Wildman–Crippen MR) is 98.5 cm³/mol. The monoisotopic (exact) mass is 333 g/mol. The van der Waals surface area contributed by atoms with Gasteiger partial charge in [0.15, 0.2) is 0 Å². The first-order valence-corrected chi connectivity index (χ1v) is 8.20. The van der Waals surface area contributed by atoms with Crippen molar-refractivity contribution >= 4 is 27.7 Å². The van der Waals surface area contributed by atoms with Crippen molar-refractivity contribution in [3.8, 4) is 11.3 Å². The van der Waals surface area contributed by atoms with Crippen LogP contribution in [0.4, 0.5) is 0 Å². The molecule has 4 rings (SSSR count). The molecule has 6 heteroatoms. The molecule has 0 saturated carbocycles. The number of fused-ring (bicyclic) bond motifs is 2. The van der Waals surface area contributed by atoms with Crippen molar-refractivity contribution < 1.29 is 4.79 Å². The van der Waals surface area contributed by atoms with Gasteiger partial charge < -0.3 is 10.3 Å². The largest absolute Gasteiger partial charge is 0.366 e. The number of benzene rings is 1. The number of nitrogens with zero attached hydrogens (tertiary/aromatic N) is 3. The van der Waals surface area contributed by atoms with Crippen LogP contribution in [0.15, 0.2) is 36.8 Å². The van der Waals surface area contributed by atoms with Crippen LogP contribution in [-0.4, -0.2) is 25.7 Å². The summed E-state index contributed by atoms with van der Waals surface area (Å²) in [5.41, 5.74) is 10.8. The maximum atomic E-state index is 12.1. The van der Waals surface area contributed by atoms with Gasteiger partial charge in [-0.05, 0) is 44.5 Å². The summed E-state index contributed by atoms with van der Waals surface area (Å²) in [6, 6.07) is 6.10. The summed E-state index contributed by atoms with van der Waals surface area (Å²) < 4.78 is 2.16. The first-order valence-electron chi connectivity index (χ1n) is 8.20. The number of nitrogens with two attached hydrogens (primary N) is 1. The van der Waals surface area contributed by atoms with Crippen LogP contribution in [0.5, 0.6) is 0 Å². The smallest absolute Gasteiger partial charge is 0.249 e. The van der Waals surface area contributed by atoms with Crippen LogP contribution in [0, 0.1) is 6.92 Å². The van der Waals surface area contributed by atoms with Crippen molar-refractivity contribution in [1.29, 1.82) is 0 Å². The van der Waals surface area contributed by atoms with Gasteiger partial charge in [-0.25, -0.2) is 0 Å². The zero-order valence-electron chi connectivity index (χ0n) is 14.4. The van der Waals surface area contributed by atoms with E-state index in [-0.39, 0.29) is 6.04 Å². The second-order valence-electron chi connectivity index (χ2n) is 6.62. The Morgan fingerprint density at radius 2 is 2.04 bits per heavy atom. The Kier molecular flexibility index (Phi) is 3.35. The van der Waals surface area contributed by atoms with Crippen molar-refractivity contribution in [2.45, 2.75) is 26.8 Å². The summed E-state index contributed by atoms with van der Waals surface area (Å²) in [7, 11) is 0. The van der Waals surface area contributed by atoms with Gasteiger partial charge in [0.25, 0.3) is 0 Å². The van der Waals surface area contributed by atoms with Gasteiger partial charge in [-0.3, -0.25) is 14.9 Å². The maximum absolute atomic E-state index is 12.1. The number of H-pyrrole nitrogens is 1. The van der Waals surface area contributed by atoms with E-state index in [1.807, 2.05) is 19.1 Å². The Hall–Kier alpha value is -3.15. The first-order chi connectivity index (χ1) is 12.0. The van der Waals surface area contributed by atoms with Gasteiger partial charge in [0.05, 0.1) is 17.4 Å². The molecule has 0 radical (unpaired) electrons. The van der Waals surface area contributed by atoms with Crippen molar-refractivity contribution in [1.82, 2.24) is 19.7 Å². The molecular formula is C19H19N5O. The van der Waals surface area contributed by atoms with Gasteiger partial charge in [-0.1, -0.05) is 0 Å². The highest BCUT2D eigenvalue weighted by Crippen LogP contribution is 2.32. The molecule has 0 saturated heterocycles. The number of carbonyl (C=O) groups excluding carboxylic acids is 1. The molecule has 0 atom stereocenters. The number of rotatable bonds is 3. The van der Waals surface area contributed by atoms with E-state index < -0.39 is 5.91 Å². The van der Waals surface area contributed by atoms with Gasteiger partial charge in [0.1, 0.15) is 0 Å². The second kappa shape index (κ2) is 5.44. The number of nitrogens with one attached hydrogen (secondary N) is 1. The molecule has 25 heavy (non-hydrogen) atoms. The van der Waals surface area contributed by atoms with Gasteiger partial charge in [-0.15, -0.1) is 0 Å². The van der Waals surface area contributed by atoms with Crippen molar-refractivity contribution in [3.63, 3.8) is 0 Å². The molecule has 0 aliphatic heterocycles. The molecule has 0 fully saturated rings. The lowest BCUT2D eigenvalue weighted by Crippen LogP contribution is -2.12. The molecule has 0 unspecified atom stereocenters. The Morgan fingerprint density at radius 1 is 1.24 bits per heavy atom. The van der Waals surface area contributed by atoms with Crippen molar-refractivity contribution in [2.75, 3.05) is 0 Å². The number of amides is 1. The Labute approximate surface area is 144 Å². The van der Waals surface area contributed by atoms with E-state index in [0.717, 1.165) is 38.6 Å². The standard InChI is InChI=1S/C19H19N5O/c1-10(2)24-9-11(3)18-14(19(20)25)4-12(5-17(18)24)15-6-16-13(7-21-15)8-22-23-16/h4-10H,1-3H3,(H2,20,25)(H,22,23). The van der Waals surface area contributed by atoms with E-state index in [0.29, 0.717) is 5.56 Å². The number of primary amides is 1. The summed E-state index contributed by atoms with van der Waals surface area (Å²) in [6.45, 7) is 6.23. The van der Waals surface area contributed by atoms with Gasteiger partial charge in [0, 0.05) is 45.9 Å². The lowest BCUT2D eigenvalue weighted by atomic mass is 10.0. The number of pyridine rings is 1. The van der Waals surface area contributed by atoms with Crippen LogP contribution in [0.25, 0.3) is 33.1 Å². The third-order valence-corrected chi connectivity index (χ3v) is 4.56. The van der Waals surface area contributed by atoms with Gasteiger partial charge in [0.2, 0.25) is 5.91 Å². The minimum atomic E-state index is -0.431. The molecule has 0 bridgehead atoms. The van der Waals surface area contributed by atoms with E-state index in [4.69, 9.17) is 5.73 Å². The zero-order valence-corrected chi connectivity index (χ0v) is 14.4. The zero-order chi connectivity index (χ0) is 17.7. The number of aryl methyl sites for hydroxylation is 1. The fourth-order valence-corrected chi connectivity index (χ4v) is 3.35. The van der Waals surface area contributed by atoms with Crippen LogP contribution in [0.2, 0.25) is 0 Å². The Balaban J connectivity index is 2.03. The van der Waals surface area contributed by atoms with Crippen LogP contribution in [0.1, 0.15) is 35.8 Å². The molecule has 0 aliphatic rings. The summed E-state index contributed by atoms with van der Waals surface area (Å²) in [4.78, 5) is 16.6. The maximum Gasteiger partial charge on any atom is 0.249 e. The summed E-state index contributed by atoms with van der Waals surface area (Å²) in [5, 5.41) is 8.84. The van der Waals surface area contributed by atoms with E-state index in [9.17, 15) is 4.79 Å². The molecular weight excluding hydrogens is 314 g/mol. The van der Waals surface area contributed by atoms with Crippen molar-refractivity contribution in [3.05, 3.63) is 47.9 Å². The molecule has 3 heterocycles. The average molecular weight is 333 g/mol. The quantitative estimate of drug-likeness (QED) is 0.600. The molecule has 0 spiro atoms. The summed E-state index contributed by atoms with van der Waals surface area (Å²) in [6.07, 6.45) is 5.57. The molecule has 126 valence electrons. The second-order valence-corrected chi connectivity index (χ2v) is 6.62. The highest BCUT2D eigenvalue weighted by Gasteiger charge is 2.17. The van der Waals surface area contributed by atoms with E-state index in [1.165, 1.54) is 0 Å². The fourth-order valence-electron chi connectivity index (χ4n) is 3.35. The molecule has 4 aromatic rings. The van der Waals surface area contributed by atoms with E-state index in [1.54, 1.807) is 12.4 Å². The molecule has 3 N–H and O–H groups in total. The molecule has 0 aliphatic carbocycles. The van der Waals surface area contributed by atoms with Crippen LogP contribution >= 0.6 is 0 Å². The average Bonchev–Trinajstić information content (AvgIpc) is 3.17. The third-order valence-electron chi connectivity index (χ3n) is 4.56. The van der Waals surface area contributed by atoms with E-state index >= 15 is 0 Å². The number of aromatic nitrogens is 4. The van der Waals surface area contributed by atoms with Gasteiger partial charge >= 0.3 is 0 Å². The fraction of sp³-hybridized carbons (Fsp3) is 0.211. The topological polar surface area (TPSA) is 89.6 Å². The lowest BCUT2D eigenvalue weighted by molar-refractivity contribution is 0.100. The summed E-state index contributed by atoms with van der Waals surface area (Å²) >= 11 is 0. The first kappa shape index (κ1) is 15.4. The molecule has 1 amide bonds. The van der Waals surface area contributed by atoms with E-state index in [2.05, 4.69) is 45.9 Å². The minimum absolute atomic E-state index is 0.273. The minimum Gasteiger partial charge on any atom is -0.366 e.